The van der Waals surface area contributed by atoms with Crippen molar-refractivity contribution >= 4 is 27.6 Å². The van der Waals surface area contributed by atoms with Crippen molar-refractivity contribution in [3.8, 4) is 11.5 Å². The first-order valence-electron chi connectivity index (χ1n) is 7.56. The summed E-state index contributed by atoms with van der Waals surface area (Å²) in [7, 11) is 1.51. The van der Waals surface area contributed by atoms with Crippen LogP contribution in [0.15, 0.2) is 40.9 Å². The second-order valence-corrected chi connectivity index (χ2v) is 6.12. The van der Waals surface area contributed by atoms with Gasteiger partial charge in [-0.15, -0.1) is 0 Å². The fourth-order valence-electron chi connectivity index (χ4n) is 2.23. The molecule has 8 nitrogen and oxygen atoms in total. The first kappa shape index (κ1) is 19.7. The van der Waals surface area contributed by atoms with Crippen LogP contribution < -0.4 is 14.8 Å². The smallest absolute Gasteiger partial charge is 0.317 e. The summed E-state index contributed by atoms with van der Waals surface area (Å²) in [6.07, 6.45) is 0. The third-order valence-corrected chi connectivity index (χ3v) is 4.24. The molecule has 0 aliphatic carbocycles. The monoisotopic (exact) mass is 424 g/mol. The summed E-state index contributed by atoms with van der Waals surface area (Å²) in [6, 6.07) is 9.57. The van der Waals surface area contributed by atoms with Gasteiger partial charge in [-0.1, -0.05) is 15.9 Å². The van der Waals surface area contributed by atoms with E-state index >= 15 is 0 Å². The highest BCUT2D eigenvalue weighted by atomic mass is 79.9. The van der Waals surface area contributed by atoms with Crippen molar-refractivity contribution in [2.75, 3.05) is 13.7 Å². The molecule has 0 saturated heterocycles. The van der Waals surface area contributed by atoms with E-state index in [1.165, 1.54) is 19.2 Å². The van der Waals surface area contributed by atoms with Gasteiger partial charge in [0.15, 0.2) is 11.5 Å². The molecular formula is C17H17BrN2O6. The number of rotatable bonds is 9. The molecule has 138 valence electrons. The number of nitrogens with zero attached hydrogens (tertiary/aromatic N) is 1. The number of halogens is 1. The molecule has 9 heteroatoms. The van der Waals surface area contributed by atoms with E-state index in [9.17, 15) is 14.9 Å². The highest BCUT2D eigenvalue weighted by Crippen LogP contribution is 2.36. The lowest BCUT2D eigenvalue weighted by Crippen LogP contribution is -2.22. The van der Waals surface area contributed by atoms with Crippen LogP contribution in [0.3, 0.4) is 0 Å². The Hall–Kier alpha value is -2.65. The van der Waals surface area contributed by atoms with Gasteiger partial charge in [-0.3, -0.25) is 14.9 Å². The number of hydrogen-bond donors (Lipinski definition) is 2. The van der Waals surface area contributed by atoms with Crippen LogP contribution in [0.1, 0.15) is 11.1 Å². The standard InChI is InChI=1S/C17H17BrN2O6/c1-25-15-7-6-14(18)13(8-19-9-16(21)22)17(15)26-10-11-2-4-12(5-3-11)20(23)24/h2-7,19H,8-10H2,1H3,(H,21,22). The van der Waals surface area contributed by atoms with Gasteiger partial charge < -0.3 is 19.9 Å². The third-order valence-electron chi connectivity index (χ3n) is 3.50. The number of nitro groups is 1. The Morgan fingerprint density at radius 1 is 1.27 bits per heavy atom. The maximum atomic E-state index is 10.7. The molecule has 0 saturated carbocycles. The Morgan fingerprint density at radius 3 is 2.54 bits per heavy atom. The van der Waals surface area contributed by atoms with Crippen molar-refractivity contribution in [2.45, 2.75) is 13.2 Å². The molecule has 2 aromatic rings. The van der Waals surface area contributed by atoms with Crippen molar-refractivity contribution in [3.05, 3.63) is 62.1 Å². The minimum atomic E-state index is -0.961. The Balaban J connectivity index is 2.18. The molecule has 26 heavy (non-hydrogen) atoms. The van der Waals surface area contributed by atoms with Crippen molar-refractivity contribution in [1.82, 2.24) is 5.32 Å². The Bertz CT molecular complexity index is 795. The third kappa shape index (κ3) is 5.17. The highest BCUT2D eigenvalue weighted by molar-refractivity contribution is 9.10. The highest BCUT2D eigenvalue weighted by Gasteiger charge is 2.15. The predicted octanol–water partition coefficient (Wildman–Crippen LogP) is 3.12. The zero-order valence-corrected chi connectivity index (χ0v) is 15.5. The van der Waals surface area contributed by atoms with Gasteiger partial charge in [0.05, 0.1) is 18.6 Å². The molecular weight excluding hydrogens is 408 g/mol. The van der Waals surface area contributed by atoms with Crippen molar-refractivity contribution in [1.29, 1.82) is 0 Å². The first-order chi connectivity index (χ1) is 12.4. The molecule has 0 heterocycles. The van der Waals surface area contributed by atoms with Crippen LogP contribution in [0, 0.1) is 10.1 Å². The van der Waals surface area contributed by atoms with Gasteiger partial charge in [-0.25, -0.2) is 0 Å². The molecule has 2 rings (SSSR count). The van der Waals surface area contributed by atoms with Gasteiger partial charge in [0.25, 0.3) is 5.69 Å². The molecule has 0 aliphatic rings. The van der Waals surface area contributed by atoms with Crippen LogP contribution in [0.25, 0.3) is 0 Å². The number of carbonyl (C=O) groups is 1. The quantitative estimate of drug-likeness (QED) is 0.469. The molecule has 0 spiro atoms. The van der Waals surface area contributed by atoms with E-state index in [0.717, 1.165) is 10.0 Å². The van der Waals surface area contributed by atoms with Crippen LogP contribution in [0.5, 0.6) is 11.5 Å². The van der Waals surface area contributed by atoms with E-state index in [0.29, 0.717) is 17.1 Å². The number of ether oxygens (including phenoxy) is 2. The van der Waals surface area contributed by atoms with Gasteiger partial charge in [0, 0.05) is 28.7 Å². The molecule has 2 aromatic carbocycles. The Kier molecular flexibility index (Phi) is 6.93. The molecule has 0 amide bonds. The number of methoxy groups -OCH3 is 1. The molecule has 0 atom stereocenters. The predicted molar refractivity (Wildman–Crippen MR) is 97.5 cm³/mol. The van der Waals surface area contributed by atoms with E-state index in [-0.39, 0.29) is 25.4 Å². The van der Waals surface area contributed by atoms with Crippen molar-refractivity contribution in [2.24, 2.45) is 0 Å². The largest absolute Gasteiger partial charge is 0.493 e. The van der Waals surface area contributed by atoms with Crippen LogP contribution >= 0.6 is 15.9 Å². The van der Waals surface area contributed by atoms with Gasteiger partial charge in [0.2, 0.25) is 0 Å². The number of nitrogens with one attached hydrogen (secondary N) is 1. The Morgan fingerprint density at radius 2 is 1.96 bits per heavy atom. The molecule has 0 aromatic heterocycles. The fraction of sp³-hybridized carbons (Fsp3) is 0.235. The van der Waals surface area contributed by atoms with Crippen molar-refractivity contribution in [3.63, 3.8) is 0 Å². The SMILES string of the molecule is COc1ccc(Br)c(CNCC(=O)O)c1OCc1ccc([N+](=O)[O-])cc1. The van der Waals surface area contributed by atoms with E-state index < -0.39 is 10.9 Å². The molecule has 2 N–H and O–H groups in total. The van der Waals surface area contributed by atoms with E-state index in [1.54, 1.807) is 24.3 Å². The van der Waals surface area contributed by atoms with Crippen molar-refractivity contribution < 1.29 is 24.3 Å². The number of aliphatic carboxylic acids is 1. The average molecular weight is 425 g/mol. The molecule has 0 fully saturated rings. The maximum Gasteiger partial charge on any atom is 0.317 e. The Labute approximate surface area is 158 Å². The zero-order chi connectivity index (χ0) is 19.1. The average Bonchev–Trinajstić information content (AvgIpc) is 2.61. The second-order valence-electron chi connectivity index (χ2n) is 5.27. The van der Waals surface area contributed by atoms with E-state index in [4.69, 9.17) is 14.6 Å². The van der Waals surface area contributed by atoms with Gasteiger partial charge in [0.1, 0.15) is 6.61 Å². The fourth-order valence-corrected chi connectivity index (χ4v) is 2.68. The maximum absolute atomic E-state index is 10.7. The van der Waals surface area contributed by atoms with Crippen LogP contribution in [0.4, 0.5) is 5.69 Å². The summed E-state index contributed by atoms with van der Waals surface area (Å²) in [5.41, 5.74) is 1.47. The second kappa shape index (κ2) is 9.16. The number of benzene rings is 2. The van der Waals surface area contributed by atoms with Crippen LogP contribution in [-0.2, 0) is 17.9 Å². The van der Waals surface area contributed by atoms with Crippen LogP contribution in [0.2, 0.25) is 0 Å². The van der Waals surface area contributed by atoms with Gasteiger partial charge in [-0.05, 0) is 29.8 Å². The summed E-state index contributed by atoms with van der Waals surface area (Å²) < 4.78 is 11.9. The lowest BCUT2D eigenvalue weighted by Gasteiger charge is -2.17. The number of nitro benzene ring substituents is 1. The lowest BCUT2D eigenvalue weighted by molar-refractivity contribution is -0.384. The summed E-state index contributed by atoms with van der Waals surface area (Å²) in [4.78, 5) is 20.9. The number of hydrogen-bond acceptors (Lipinski definition) is 6. The first-order valence-corrected chi connectivity index (χ1v) is 8.35. The number of carboxylic acids is 1. The molecule has 0 unspecified atom stereocenters. The zero-order valence-electron chi connectivity index (χ0n) is 13.9. The molecule has 0 bridgehead atoms. The minimum Gasteiger partial charge on any atom is -0.493 e. The molecule has 0 aliphatic heterocycles. The van der Waals surface area contributed by atoms with E-state index in [2.05, 4.69) is 21.2 Å². The normalized spacial score (nSPS) is 10.4. The van der Waals surface area contributed by atoms with Crippen LogP contribution in [-0.4, -0.2) is 29.7 Å². The summed E-state index contributed by atoms with van der Waals surface area (Å²) in [5.74, 6) is 0.0118. The van der Waals surface area contributed by atoms with E-state index in [1.807, 2.05) is 0 Å². The van der Waals surface area contributed by atoms with Gasteiger partial charge in [-0.2, -0.15) is 0 Å². The number of carboxylic acid groups (broad SMARTS) is 1. The summed E-state index contributed by atoms with van der Waals surface area (Å²) >= 11 is 3.43. The lowest BCUT2D eigenvalue weighted by atomic mass is 10.1. The molecule has 0 radical (unpaired) electrons. The minimum absolute atomic E-state index is 0.00680. The summed E-state index contributed by atoms with van der Waals surface area (Å²) in [6.45, 7) is 0.252. The summed E-state index contributed by atoms with van der Waals surface area (Å²) in [5, 5.41) is 22.3. The van der Waals surface area contributed by atoms with Gasteiger partial charge >= 0.3 is 5.97 Å². The number of non-ortho nitro benzene ring substituents is 1. The topological polar surface area (TPSA) is 111 Å².